The highest BCUT2D eigenvalue weighted by Crippen LogP contribution is 2.46. The van der Waals surface area contributed by atoms with Gasteiger partial charge in [0.15, 0.2) is 0 Å². The molecule has 0 aliphatic carbocycles. The molecule has 33 heavy (non-hydrogen) atoms. The van der Waals surface area contributed by atoms with Crippen LogP contribution in [0.4, 0.5) is 0 Å². The van der Waals surface area contributed by atoms with E-state index in [0.29, 0.717) is 38.2 Å². The monoisotopic (exact) mass is 471 g/mol. The average Bonchev–Trinajstić information content (AvgIpc) is 3.24. The van der Waals surface area contributed by atoms with E-state index in [1.54, 1.807) is 35.7 Å². The molecule has 1 saturated heterocycles. The highest BCUT2D eigenvalue weighted by Gasteiger charge is 2.46. The van der Waals surface area contributed by atoms with Crippen molar-refractivity contribution < 1.29 is 23.0 Å². The third kappa shape index (κ3) is 3.59. The smallest absolute Gasteiger partial charge is 0.243 e. The summed E-state index contributed by atoms with van der Waals surface area (Å²) in [6.45, 7) is 1.53. The van der Waals surface area contributed by atoms with Crippen LogP contribution in [0.25, 0.3) is 10.9 Å². The molecule has 0 unspecified atom stereocenters. The number of sulfonamides is 1. The van der Waals surface area contributed by atoms with Gasteiger partial charge in [0.2, 0.25) is 10.0 Å². The summed E-state index contributed by atoms with van der Waals surface area (Å²) in [5.41, 5.74) is 2.92. The van der Waals surface area contributed by atoms with E-state index in [1.807, 2.05) is 12.1 Å². The van der Waals surface area contributed by atoms with Gasteiger partial charge in [-0.2, -0.15) is 4.31 Å². The molecule has 1 aromatic heterocycles. The van der Waals surface area contributed by atoms with Crippen molar-refractivity contribution in [1.29, 1.82) is 0 Å². The van der Waals surface area contributed by atoms with E-state index < -0.39 is 10.0 Å². The summed E-state index contributed by atoms with van der Waals surface area (Å²) < 4.78 is 38.8. The van der Waals surface area contributed by atoms with Crippen LogP contribution in [0.5, 0.6) is 11.5 Å². The molecule has 2 aliphatic rings. The summed E-state index contributed by atoms with van der Waals surface area (Å²) in [4.78, 5) is 3.74. The van der Waals surface area contributed by atoms with E-state index >= 15 is 0 Å². The topological polar surface area (TPSA) is 104 Å². The van der Waals surface area contributed by atoms with Crippen LogP contribution in [-0.4, -0.2) is 63.3 Å². The number of aliphatic hydroxyl groups is 1. The van der Waals surface area contributed by atoms with Crippen molar-refractivity contribution in [2.45, 2.75) is 29.2 Å². The van der Waals surface area contributed by atoms with Gasteiger partial charge < -0.3 is 24.9 Å². The van der Waals surface area contributed by atoms with Crippen molar-refractivity contribution in [2.24, 2.45) is 0 Å². The van der Waals surface area contributed by atoms with E-state index in [0.717, 1.165) is 22.3 Å². The molecule has 0 radical (unpaired) electrons. The maximum Gasteiger partial charge on any atom is 0.243 e. The number of hydrogen-bond donors (Lipinski definition) is 3. The molecule has 9 heteroatoms. The largest absolute Gasteiger partial charge is 0.497 e. The van der Waals surface area contributed by atoms with Gasteiger partial charge in [-0.1, -0.05) is 6.07 Å². The molecule has 2 aliphatic heterocycles. The predicted octanol–water partition coefficient (Wildman–Crippen LogP) is 2.54. The molecule has 8 nitrogen and oxygen atoms in total. The fourth-order valence-electron chi connectivity index (χ4n) is 5.31. The first-order valence-corrected chi connectivity index (χ1v) is 12.5. The van der Waals surface area contributed by atoms with Gasteiger partial charge >= 0.3 is 0 Å². The van der Waals surface area contributed by atoms with Crippen LogP contribution in [0.15, 0.2) is 47.4 Å². The van der Waals surface area contributed by atoms with E-state index in [1.165, 1.54) is 12.7 Å². The third-order valence-electron chi connectivity index (χ3n) is 7.14. The number of aromatic nitrogens is 1. The molecule has 1 atom stereocenters. The van der Waals surface area contributed by atoms with Crippen LogP contribution in [0.3, 0.4) is 0 Å². The first kappa shape index (κ1) is 22.2. The number of aromatic amines is 1. The number of fused-ring (bicyclic) bond motifs is 4. The summed E-state index contributed by atoms with van der Waals surface area (Å²) in [5, 5.41) is 14.5. The Hall–Kier alpha value is -2.59. The highest BCUT2D eigenvalue weighted by molar-refractivity contribution is 7.89. The number of aliphatic hydroxyl groups excluding tert-OH is 1. The minimum absolute atomic E-state index is 0.0105. The van der Waals surface area contributed by atoms with E-state index in [-0.39, 0.29) is 23.0 Å². The second-order valence-electron chi connectivity index (χ2n) is 8.80. The number of rotatable bonds is 5. The number of hydrogen-bond acceptors (Lipinski definition) is 6. The van der Waals surface area contributed by atoms with Crippen molar-refractivity contribution in [2.75, 3.05) is 40.5 Å². The van der Waals surface area contributed by atoms with Crippen LogP contribution in [0.1, 0.15) is 30.1 Å². The summed E-state index contributed by atoms with van der Waals surface area (Å²) in [5.74, 6) is 1.29. The van der Waals surface area contributed by atoms with Gasteiger partial charge in [-0.3, -0.25) is 0 Å². The van der Waals surface area contributed by atoms with Gasteiger partial charge in [0.1, 0.15) is 11.5 Å². The van der Waals surface area contributed by atoms with Crippen molar-refractivity contribution in [3.8, 4) is 11.5 Å². The highest BCUT2D eigenvalue weighted by atomic mass is 32.2. The van der Waals surface area contributed by atoms with Crippen molar-refractivity contribution in [3.05, 3.63) is 53.7 Å². The Kier molecular flexibility index (Phi) is 5.60. The van der Waals surface area contributed by atoms with Gasteiger partial charge in [0, 0.05) is 53.8 Å². The van der Waals surface area contributed by atoms with E-state index in [2.05, 4.69) is 16.4 Å². The fraction of sp³-hybridized carbons (Fsp3) is 0.417. The maximum atomic E-state index is 13.3. The SMILES string of the molecule is COc1cccc(S(=O)(=O)N2CCC3(CC2)CN[C@@H](CO)c2[nH]c4cc(OC)ccc4c23)c1. The molecular formula is C24H29N3O5S. The van der Waals surface area contributed by atoms with Gasteiger partial charge in [0.05, 0.1) is 31.8 Å². The Morgan fingerprint density at radius 2 is 1.82 bits per heavy atom. The van der Waals surface area contributed by atoms with Crippen molar-refractivity contribution in [1.82, 2.24) is 14.6 Å². The molecule has 3 aromatic rings. The predicted molar refractivity (Wildman–Crippen MR) is 125 cm³/mol. The zero-order chi connectivity index (χ0) is 23.2. The number of nitrogens with one attached hydrogen (secondary N) is 2. The Morgan fingerprint density at radius 1 is 1.09 bits per heavy atom. The average molecular weight is 472 g/mol. The zero-order valence-corrected chi connectivity index (χ0v) is 19.6. The lowest BCUT2D eigenvalue weighted by molar-refractivity contribution is 0.178. The van der Waals surface area contributed by atoms with Crippen LogP contribution in [-0.2, 0) is 15.4 Å². The third-order valence-corrected chi connectivity index (χ3v) is 9.04. The summed E-state index contributed by atoms with van der Waals surface area (Å²) >= 11 is 0. The zero-order valence-electron chi connectivity index (χ0n) is 18.8. The molecule has 3 N–H and O–H groups in total. The van der Waals surface area contributed by atoms with Crippen molar-refractivity contribution >= 4 is 20.9 Å². The van der Waals surface area contributed by atoms with Crippen molar-refractivity contribution in [3.63, 3.8) is 0 Å². The molecule has 1 fully saturated rings. The lowest BCUT2D eigenvalue weighted by atomic mass is 9.69. The fourth-order valence-corrected chi connectivity index (χ4v) is 6.79. The minimum atomic E-state index is -3.61. The Balaban J connectivity index is 1.48. The summed E-state index contributed by atoms with van der Waals surface area (Å²) in [6.07, 6.45) is 1.38. The molecule has 0 amide bonds. The van der Waals surface area contributed by atoms with Gasteiger partial charge in [-0.05, 0) is 42.7 Å². The number of piperidine rings is 1. The first-order valence-electron chi connectivity index (χ1n) is 11.1. The Labute approximate surface area is 193 Å². The number of ether oxygens (including phenoxy) is 2. The standard InChI is InChI=1S/C24H29N3O5S/c1-31-16-4-3-5-18(12-16)33(29,30)27-10-8-24(9-11-27)15-25-21(14-28)23-22(24)19-7-6-17(32-2)13-20(19)26-23/h3-7,12-13,21,25-26,28H,8-11,14-15H2,1-2H3/t21-/m0/s1. The number of benzene rings is 2. The molecule has 5 rings (SSSR count). The van der Waals surface area contributed by atoms with Gasteiger partial charge in [0.25, 0.3) is 0 Å². The second-order valence-corrected chi connectivity index (χ2v) is 10.7. The molecule has 1 spiro atoms. The quantitative estimate of drug-likeness (QED) is 0.528. The second kappa shape index (κ2) is 8.32. The molecule has 2 aromatic carbocycles. The Morgan fingerprint density at radius 3 is 2.52 bits per heavy atom. The molecule has 3 heterocycles. The van der Waals surface area contributed by atoms with Crippen LogP contribution in [0, 0.1) is 0 Å². The van der Waals surface area contributed by atoms with Crippen LogP contribution < -0.4 is 14.8 Å². The molecule has 176 valence electrons. The molecule has 0 saturated carbocycles. The minimum Gasteiger partial charge on any atom is -0.497 e. The normalized spacial score (nSPS) is 20.6. The van der Waals surface area contributed by atoms with E-state index in [4.69, 9.17) is 9.47 Å². The Bertz CT molecular complexity index is 1280. The summed E-state index contributed by atoms with van der Waals surface area (Å²) in [6, 6.07) is 12.4. The van der Waals surface area contributed by atoms with Gasteiger partial charge in [-0.15, -0.1) is 0 Å². The van der Waals surface area contributed by atoms with Gasteiger partial charge in [-0.25, -0.2) is 8.42 Å². The van der Waals surface area contributed by atoms with Crippen LogP contribution >= 0.6 is 0 Å². The summed E-state index contributed by atoms with van der Waals surface area (Å²) in [7, 11) is -0.443. The number of methoxy groups -OCH3 is 2. The molecule has 0 bridgehead atoms. The number of nitrogens with zero attached hydrogens (tertiary/aromatic N) is 1. The lowest BCUT2D eigenvalue weighted by Gasteiger charge is -2.46. The molecular weight excluding hydrogens is 442 g/mol. The van der Waals surface area contributed by atoms with Crippen LogP contribution in [0.2, 0.25) is 0 Å². The first-order chi connectivity index (χ1) is 15.9. The number of H-pyrrole nitrogens is 1. The maximum absolute atomic E-state index is 13.3. The van der Waals surface area contributed by atoms with E-state index in [9.17, 15) is 13.5 Å². The lowest BCUT2D eigenvalue weighted by Crippen LogP contribution is -2.53.